The van der Waals surface area contributed by atoms with Gasteiger partial charge in [-0.05, 0) is 31.7 Å². The van der Waals surface area contributed by atoms with E-state index in [1.807, 2.05) is 24.3 Å². The minimum Gasteiger partial charge on any atom is -0.410 e. The molecule has 1 aliphatic rings. The first-order valence-corrected chi connectivity index (χ1v) is 10.2. The average molecular weight is 394 g/mol. The summed E-state index contributed by atoms with van der Waals surface area (Å²) in [5.41, 5.74) is 0. The fourth-order valence-corrected chi connectivity index (χ4v) is 4.66. The van der Waals surface area contributed by atoms with Crippen LogP contribution in [0.4, 0.5) is 0 Å². The third-order valence-corrected chi connectivity index (χ3v) is 6.66. The second-order valence-corrected chi connectivity index (χ2v) is 8.45. The van der Waals surface area contributed by atoms with Crippen LogP contribution in [0.2, 0.25) is 5.02 Å². The number of fused-ring (bicyclic) bond motifs is 1. The highest BCUT2D eigenvalue weighted by Crippen LogP contribution is 2.41. The van der Waals surface area contributed by atoms with Gasteiger partial charge in [-0.15, -0.1) is 21.5 Å². The maximum Gasteiger partial charge on any atom is 0.277 e. The first-order chi connectivity index (χ1) is 12.1. The van der Waals surface area contributed by atoms with Crippen LogP contribution >= 0.6 is 34.7 Å². The summed E-state index contributed by atoms with van der Waals surface area (Å²) in [5, 5.41) is 13.1. The largest absolute Gasteiger partial charge is 0.410 e. The van der Waals surface area contributed by atoms with E-state index in [0.717, 1.165) is 15.0 Å². The van der Waals surface area contributed by atoms with Gasteiger partial charge in [0, 0.05) is 16.1 Å². The minimum absolute atomic E-state index is 0.0101. The van der Waals surface area contributed by atoms with Gasteiger partial charge in [0.25, 0.3) is 11.1 Å². The molecule has 5 nitrogen and oxygen atoms in total. The van der Waals surface area contributed by atoms with Crippen LogP contribution in [0.1, 0.15) is 19.8 Å². The number of carbonyl (C=O) groups excluding carboxylic acids is 1. The number of hydrogen-bond donors (Lipinski definition) is 1. The number of rotatable bonds is 6. The lowest BCUT2D eigenvalue weighted by molar-refractivity contribution is -0.119. The Balaban J connectivity index is 1.42. The normalized spacial score (nSPS) is 15.4. The Kier molecular flexibility index (Phi) is 4.71. The molecular weight excluding hydrogens is 378 g/mol. The lowest BCUT2D eigenvalue weighted by Gasteiger charge is -2.11. The predicted molar refractivity (Wildman–Crippen MR) is 101 cm³/mol. The summed E-state index contributed by atoms with van der Waals surface area (Å²) in [6.07, 6.45) is 2.41. The molecule has 8 heteroatoms. The number of nitrogens with zero attached hydrogens (tertiary/aromatic N) is 2. The van der Waals surface area contributed by atoms with Gasteiger partial charge < -0.3 is 9.73 Å². The third-order valence-electron chi connectivity index (χ3n) is 4.18. The molecule has 1 N–H and O–H groups in total. The van der Waals surface area contributed by atoms with E-state index in [1.165, 1.54) is 35.9 Å². The van der Waals surface area contributed by atoms with E-state index in [4.69, 9.17) is 16.0 Å². The molecule has 1 atom stereocenters. The fourth-order valence-electron chi connectivity index (χ4n) is 2.65. The van der Waals surface area contributed by atoms with Crippen molar-refractivity contribution in [2.45, 2.75) is 31.0 Å². The van der Waals surface area contributed by atoms with Gasteiger partial charge in [0.05, 0.1) is 10.8 Å². The molecule has 1 amide bonds. The van der Waals surface area contributed by atoms with E-state index in [9.17, 15) is 4.79 Å². The van der Waals surface area contributed by atoms with Gasteiger partial charge in [-0.3, -0.25) is 4.79 Å². The van der Waals surface area contributed by atoms with Crippen LogP contribution in [0.15, 0.2) is 33.9 Å². The second kappa shape index (κ2) is 6.97. The van der Waals surface area contributed by atoms with Gasteiger partial charge in [0.15, 0.2) is 0 Å². The van der Waals surface area contributed by atoms with Crippen molar-refractivity contribution in [2.75, 3.05) is 5.75 Å². The zero-order chi connectivity index (χ0) is 17.4. The van der Waals surface area contributed by atoms with E-state index in [0.29, 0.717) is 22.1 Å². The summed E-state index contributed by atoms with van der Waals surface area (Å²) in [6.45, 7) is 2.05. The number of benzene rings is 1. The Morgan fingerprint density at radius 1 is 1.44 bits per heavy atom. The summed E-state index contributed by atoms with van der Waals surface area (Å²) in [7, 11) is 0. The molecule has 130 valence electrons. The smallest absolute Gasteiger partial charge is 0.277 e. The monoisotopic (exact) mass is 393 g/mol. The molecule has 0 saturated heterocycles. The molecule has 1 saturated carbocycles. The van der Waals surface area contributed by atoms with E-state index >= 15 is 0 Å². The Hall–Kier alpha value is -1.57. The van der Waals surface area contributed by atoms with Crippen molar-refractivity contribution >= 4 is 50.7 Å². The molecule has 0 aliphatic heterocycles. The Morgan fingerprint density at radius 2 is 2.24 bits per heavy atom. The second-order valence-electron chi connectivity index (χ2n) is 6.10. The molecule has 0 spiro atoms. The lowest BCUT2D eigenvalue weighted by atomic mass is 10.2. The van der Waals surface area contributed by atoms with Crippen LogP contribution < -0.4 is 5.32 Å². The molecule has 0 radical (unpaired) electrons. The molecule has 25 heavy (non-hydrogen) atoms. The molecule has 3 aromatic rings. The number of amides is 1. The van der Waals surface area contributed by atoms with Crippen molar-refractivity contribution in [3.8, 4) is 10.8 Å². The number of thioether (sulfide) groups is 1. The highest BCUT2D eigenvalue weighted by molar-refractivity contribution is 7.99. The molecule has 2 aromatic heterocycles. The Morgan fingerprint density at radius 3 is 3.00 bits per heavy atom. The molecule has 0 unspecified atom stereocenters. The highest BCUT2D eigenvalue weighted by Gasteiger charge is 2.28. The van der Waals surface area contributed by atoms with Gasteiger partial charge in [0.2, 0.25) is 5.91 Å². The van der Waals surface area contributed by atoms with Crippen molar-refractivity contribution in [1.29, 1.82) is 0 Å². The van der Waals surface area contributed by atoms with Crippen LogP contribution in [-0.2, 0) is 4.79 Å². The molecule has 0 bridgehead atoms. The van der Waals surface area contributed by atoms with Crippen LogP contribution in [0.25, 0.3) is 20.9 Å². The van der Waals surface area contributed by atoms with E-state index in [-0.39, 0.29) is 17.7 Å². The number of thiophene rings is 1. The first-order valence-electron chi connectivity index (χ1n) is 8.05. The summed E-state index contributed by atoms with van der Waals surface area (Å²) < 4.78 is 6.75. The van der Waals surface area contributed by atoms with Crippen LogP contribution in [-0.4, -0.2) is 27.9 Å². The van der Waals surface area contributed by atoms with Crippen LogP contribution in [0.3, 0.4) is 0 Å². The number of carbonyl (C=O) groups is 1. The number of nitrogens with one attached hydrogen (secondary N) is 1. The van der Waals surface area contributed by atoms with E-state index in [2.05, 4.69) is 22.4 Å². The topological polar surface area (TPSA) is 68.0 Å². The fraction of sp³-hybridized carbons (Fsp3) is 0.353. The number of aromatic nitrogens is 2. The summed E-state index contributed by atoms with van der Waals surface area (Å²) >= 11 is 9.19. The van der Waals surface area contributed by atoms with Gasteiger partial charge in [-0.1, -0.05) is 41.6 Å². The van der Waals surface area contributed by atoms with Crippen molar-refractivity contribution in [3.63, 3.8) is 0 Å². The Labute approximate surface area is 158 Å². The molecule has 1 aromatic carbocycles. The summed E-state index contributed by atoms with van der Waals surface area (Å²) in [4.78, 5) is 12.7. The number of hydrogen-bond acceptors (Lipinski definition) is 6. The van der Waals surface area contributed by atoms with E-state index in [1.54, 1.807) is 0 Å². The van der Waals surface area contributed by atoms with Gasteiger partial charge in [0.1, 0.15) is 4.88 Å². The lowest BCUT2D eigenvalue weighted by Crippen LogP contribution is -2.35. The molecular formula is C17H16ClN3O2S2. The van der Waals surface area contributed by atoms with Crippen molar-refractivity contribution in [1.82, 2.24) is 15.5 Å². The van der Waals surface area contributed by atoms with Gasteiger partial charge >= 0.3 is 0 Å². The predicted octanol–water partition coefficient (Wildman–Crippen LogP) is 4.61. The SMILES string of the molecule is C[C@H](NC(=O)CSc1nnc(-c2sc3ccccc3c2Cl)o1)C1CC1. The zero-order valence-electron chi connectivity index (χ0n) is 13.5. The van der Waals surface area contributed by atoms with Gasteiger partial charge in [-0.25, -0.2) is 0 Å². The zero-order valence-corrected chi connectivity index (χ0v) is 15.9. The van der Waals surface area contributed by atoms with Gasteiger partial charge in [-0.2, -0.15) is 0 Å². The summed E-state index contributed by atoms with van der Waals surface area (Å²) in [6, 6.07) is 8.13. The van der Waals surface area contributed by atoms with E-state index < -0.39 is 0 Å². The van der Waals surface area contributed by atoms with Crippen LogP contribution in [0.5, 0.6) is 0 Å². The van der Waals surface area contributed by atoms with Crippen molar-refractivity contribution in [2.24, 2.45) is 5.92 Å². The standard InChI is InChI=1S/C17H16ClN3O2S2/c1-9(10-6-7-10)19-13(22)8-24-17-21-20-16(23-17)15-14(18)11-4-2-3-5-12(11)25-15/h2-5,9-10H,6-8H2,1H3,(H,19,22)/t9-/m0/s1. The summed E-state index contributed by atoms with van der Waals surface area (Å²) in [5.74, 6) is 1.28. The van der Waals surface area contributed by atoms with Crippen molar-refractivity contribution in [3.05, 3.63) is 29.3 Å². The Bertz CT molecular complexity index is 920. The molecule has 1 fully saturated rings. The number of halogens is 1. The maximum absolute atomic E-state index is 12.0. The molecule has 1 aliphatic carbocycles. The maximum atomic E-state index is 12.0. The molecule has 2 heterocycles. The highest BCUT2D eigenvalue weighted by atomic mass is 35.5. The average Bonchev–Trinajstić information content (AvgIpc) is 3.28. The van der Waals surface area contributed by atoms with Crippen LogP contribution in [0, 0.1) is 5.92 Å². The quantitative estimate of drug-likeness (QED) is 0.619. The first kappa shape index (κ1) is 16.9. The third kappa shape index (κ3) is 3.68. The minimum atomic E-state index is -0.0101. The van der Waals surface area contributed by atoms with Crippen molar-refractivity contribution < 1.29 is 9.21 Å². The molecule has 4 rings (SSSR count).